The molecule has 7 nitrogen and oxygen atoms in total. The molecule has 2 aromatic heterocycles. The van der Waals surface area contributed by atoms with Crippen LogP contribution in [0.4, 0.5) is 0 Å². The maximum absolute atomic E-state index is 12.6. The summed E-state index contributed by atoms with van der Waals surface area (Å²) in [7, 11) is 3.14. The van der Waals surface area contributed by atoms with E-state index < -0.39 is 0 Å². The Morgan fingerprint density at radius 1 is 0.714 bits per heavy atom. The van der Waals surface area contributed by atoms with Crippen LogP contribution in [0.1, 0.15) is 27.8 Å². The molecule has 0 aliphatic heterocycles. The lowest BCUT2D eigenvalue weighted by Crippen LogP contribution is -2.36. The molecule has 0 radical (unpaired) electrons. The van der Waals surface area contributed by atoms with Crippen LogP contribution in [0.5, 0.6) is 0 Å². The van der Waals surface area contributed by atoms with Gasteiger partial charge in [0.1, 0.15) is 11.0 Å². The molecule has 7 heteroatoms. The third kappa shape index (κ3) is 2.28. The average Bonchev–Trinajstić information content (AvgIpc) is 3.09. The van der Waals surface area contributed by atoms with Crippen molar-refractivity contribution < 1.29 is 0 Å². The third-order valence-electron chi connectivity index (χ3n) is 6.13. The SMILES string of the molecule is Cc1c(C)c(C)c(-n2nc3cc4c(=O)n(C)c(=O)n(C)c4cc3n2)c(C)c1C. The van der Waals surface area contributed by atoms with E-state index in [1.54, 1.807) is 24.0 Å². The van der Waals surface area contributed by atoms with Crippen molar-refractivity contribution in [1.29, 1.82) is 0 Å². The standard InChI is InChI=1S/C21H23N5O2/c1-10-11(2)13(4)19(14(5)12(10)3)26-22-16-8-15-18(9-17(16)23-26)24(6)21(28)25(7)20(15)27/h8-9H,1-7H3. The number of aromatic nitrogens is 5. The van der Waals surface area contributed by atoms with Crippen LogP contribution in [0.15, 0.2) is 21.7 Å². The lowest BCUT2D eigenvalue weighted by Gasteiger charge is -2.17. The van der Waals surface area contributed by atoms with E-state index in [2.05, 4.69) is 44.8 Å². The van der Waals surface area contributed by atoms with Crippen molar-refractivity contribution in [2.45, 2.75) is 34.6 Å². The highest BCUT2D eigenvalue weighted by Gasteiger charge is 2.17. The predicted octanol–water partition coefficient (Wildman–Crippen LogP) is 2.51. The highest BCUT2D eigenvalue weighted by atomic mass is 16.2. The van der Waals surface area contributed by atoms with E-state index in [1.165, 1.54) is 28.3 Å². The topological polar surface area (TPSA) is 74.7 Å². The second kappa shape index (κ2) is 5.89. The van der Waals surface area contributed by atoms with Gasteiger partial charge in [0, 0.05) is 14.1 Å². The summed E-state index contributed by atoms with van der Waals surface area (Å²) >= 11 is 0. The minimum absolute atomic E-state index is 0.330. The minimum Gasteiger partial charge on any atom is -0.296 e. The molecule has 0 amide bonds. The summed E-state index contributed by atoms with van der Waals surface area (Å²) in [6, 6.07) is 3.48. The first-order valence-electron chi connectivity index (χ1n) is 9.17. The van der Waals surface area contributed by atoms with Crippen molar-refractivity contribution in [3.8, 4) is 5.69 Å². The Labute approximate surface area is 161 Å². The molecular weight excluding hydrogens is 354 g/mol. The minimum atomic E-state index is -0.360. The van der Waals surface area contributed by atoms with E-state index in [9.17, 15) is 9.59 Å². The summed E-state index contributed by atoms with van der Waals surface area (Å²) in [6.45, 7) is 10.5. The lowest BCUT2D eigenvalue weighted by atomic mass is 9.93. The molecule has 28 heavy (non-hydrogen) atoms. The number of benzene rings is 2. The molecule has 0 saturated heterocycles. The van der Waals surface area contributed by atoms with Crippen LogP contribution in [-0.2, 0) is 14.1 Å². The summed E-state index contributed by atoms with van der Waals surface area (Å²) in [4.78, 5) is 26.4. The highest BCUT2D eigenvalue weighted by Crippen LogP contribution is 2.29. The molecular formula is C21H23N5O2. The van der Waals surface area contributed by atoms with Crippen LogP contribution >= 0.6 is 0 Å². The molecule has 0 spiro atoms. The van der Waals surface area contributed by atoms with Crippen LogP contribution < -0.4 is 11.2 Å². The lowest BCUT2D eigenvalue weighted by molar-refractivity contribution is 0.714. The van der Waals surface area contributed by atoms with Gasteiger partial charge in [-0.3, -0.25) is 13.9 Å². The van der Waals surface area contributed by atoms with Gasteiger partial charge in [0.05, 0.1) is 16.6 Å². The van der Waals surface area contributed by atoms with Crippen LogP contribution in [0.25, 0.3) is 27.6 Å². The van der Waals surface area contributed by atoms with Crippen molar-refractivity contribution in [3.05, 3.63) is 60.8 Å². The normalized spacial score (nSPS) is 11.7. The zero-order valence-electron chi connectivity index (χ0n) is 17.2. The van der Waals surface area contributed by atoms with Crippen LogP contribution in [0.2, 0.25) is 0 Å². The maximum atomic E-state index is 12.6. The predicted molar refractivity (Wildman–Crippen MR) is 111 cm³/mol. The number of aryl methyl sites for hydroxylation is 1. The highest BCUT2D eigenvalue weighted by molar-refractivity contribution is 5.92. The second-order valence-corrected chi connectivity index (χ2v) is 7.53. The third-order valence-corrected chi connectivity index (χ3v) is 6.13. The van der Waals surface area contributed by atoms with E-state index in [4.69, 9.17) is 0 Å². The zero-order valence-corrected chi connectivity index (χ0v) is 17.2. The van der Waals surface area contributed by atoms with Gasteiger partial charge in [-0.25, -0.2) is 4.79 Å². The largest absolute Gasteiger partial charge is 0.330 e. The first-order chi connectivity index (χ1) is 13.1. The maximum Gasteiger partial charge on any atom is 0.330 e. The van der Waals surface area contributed by atoms with Crippen molar-refractivity contribution in [2.24, 2.45) is 14.1 Å². The monoisotopic (exact) mass is 377 g/mol. The summed E-state index contributed by atoms with van der Waals surface area (Å²) in [5.41, 5.74) is 8.08. The Morgan fingerprint density at radius 3 is 1.79 bits per heavy atom. The van der Waals surface area contributed by atoms with E-state index >= 15 is 0 Å². The molecule has 0 saturated carbocycles. The van der Waals surface area contributed by atoms with Gasteiger partial charge in [0.25, 0.3) is 5.56 Å². The van der Waals surface area contributed by atoms with Crippen molar-refractivity contribution in [1.82, 2.24) is 24.1 Å². The summed E-state index contributed by atoms with van der Waals surface area (Å²) < 4.78 is 2.57. The summed E-state index contributed by atoms with van der Waals surface area (Å²) in [5.74, 6) is 0. The Hall–Kier alpha value is -3.22. The van der Waals surface area contributed by atoms with Crippen molar-refractivity contribution in [3.63, 3.8) is 0 Å². The second-order valence-electron chi connectivity index (χ2n) is 7.53. The Bertz CT molecular complexity index is 1390. The number of fused-ring (bicyclic) bond motifs is 2. The smallest absolute Gasteiger partial charge is 0.296 e. The Balaban J connectivity index is 2.09. The van der Waals surface area contributed by atoms with E-state index in [-0.39, 0.29) is 11.2 Å². The molecule has 0 aliphatic carbocycles. The number of hydrogen-bond donors (Lipinski definition) is 0. The molecule has 2 aromatic carbocycles. The first kappa shape index (κ1) is 18.2. The fourth-order valence-corrected chi connectivity index (χ4v) is 3.88. The summed E-state index contributed by atoms with van der Waals surface area (Å²) in [6.07, 6.45) is 0. The van der Waals surface area contributed by atoms with Crippen LogP contribution in [0, 0.1) is 34.6 Å². The zero-order chi connectivity index (χ0) is 20.5. The van der Waals surface area contributed by atoms with Crippen molar-refractivity contribution >= 4 is 21.9 Å². The summed E-state index contributed by atoms with van der Waals surface area (Å²) in [5, 5.41) is 9.78. The van der Waals surface area contributed by atoms with Gasteiger partial charge in [-0.15, -0.1) is 15.0 Å². The number of hydrogen-bond acceptors (Lipinski definition) is 4. The number of nitrogens with zero attached hydrogens (tertiary/aromatic N) is 5. The first-order valence-corrected chi connectivity index (χ1v) is 9.17. The fourth-order valence-electron chi connectivity index (χ4n) is 3.88. The van der Waals surface area contributed by atoms with Crippen LogP contribution in [-0.4, -0.2) is 24.1 Å². The van der Waals surface area contributed by atoms with Gasteiger partial charge in [-0.05, 0) is 74.6 Å². The van der Waals surface area contributed by atoms with Crippen LogP contribution in [0.3, 0.4) is 0 Å². The average molecular weight is 377 g/mol. The number of rotatable bonds is 1. The van der Waals surface area contributed by atoms with Gasteiger partial charge in [-0.2, -0.15) is 0 Å². The van der Waals surface area contributed by atoms with Gasteiger partial charge in [0.2, 0.25) is 0 Å². The van der Waals surface area contributed by atoms with Crippen molar-refractivity contribution in [2.75, 3.05) is 0 Å². The molecule has 144 valence electrons. The Morgan fingerprint density at radius 2 is 1.21 bits per heavy atom. The molecule has 0 unspecified atom stereocenters. The molecule has 0 atom stereocenters. The molecule has 0 N–H and O–H groups in total. The van der Waals surface area contributed by atoms with E-state index in [0.29, 0.717) is 21.9 Å². The molecule has 0 fully saturated rings. The van der Waals surface area contributed by atoms with Gasteiger partial charge in [0.15, 0.2) is 0 Å². The van der Waals surface area contributed by atoms with Gasteiger partial charge < -0.3 is 0 Å². The Kier molecular flexibility index (Phi) is 3.82. The fraction of sp³-hybridized carbons (Fsp3) is 0.333. The molecule has 4 rings (SSSR count). The molecule has 0 aliphatic rings. The van der Waals surface area contributed by atoms with E-state index in [0.717, 1.165) is 21.4 Å². The van der Waals surface area contributed by atoms with E-state index in [1.807, 2.05) is 0 Å². The molecule has 2 heterocycles. The molecule has 4 aromatic rings. The van der Waals surface area contributed by atoms with Gasteiger partial charge in [-0.1, -0.05) is 0 Å². The van der Waals surface area contributed by atoms with Gasteiger partial charge >= 0.3 is 5.69 Å². The molecule has 0 bridgehead atoms. The quantitative estimate of drug-likeness (QED) is 0.511.